The van der Waals surface area contributed by atoms with Crippen molar-refractivity contribution in [2.75, 3.05) is 0 Å². The van der Waals surface area contributed by atoms with Gasteiger partial charge < -0.3 is 4.42 Å². The molecule has 0 aliphatic carbocycles. The highest BCUT2D eigenvalue weighted by molar-refractivity contribution is 6.06. The zero-order valence-corrected chi connectivity index (χ0v) is 29.9. The topological polar surface area (TPSA) is 38.9 Å². The molecule has 0 unspecified atom stereocenters. The van der Waals surface area contributed by atoms with E-state index >= 15 is 0 Å². The SMILES string of the molecule is c1ccc(-c2cccc(-c3cc(-c4ccc5oc6ccccc6c5c4)cc(-c4cc(-c5ccccc5)nc(-c5cccc(-c6ccccc6)c5)n4)c3)c2)cc1. The van der Waals surface area contributed by atoms with Gasteiger partial charge >= 0.3 is 0 Å². The van der Waals surface area contributed by atoms with Crippen LogP contribution in [-0.4, -0.2) is 9.97 Å². The molecule has 0 aliphatic heterocycles. The molecule has 0 fully saturated rings. The number of nitrogens with zero attached hydrogens (tertiary/aromatic N) is 2. The smallest absolute Gasteiger partial charge is 0.160 e. The Morgan fingerprint density at radius 1 is 0.255 bits per heavy atom. The Kier molecular flexibility index (Phi) is 8.16. The summed E-state index contributed by atoms with van der Waals surface area (Å²) in [5.74, 6) is 0.679. The molecule has 0 aliphatic rings. The second-order valence-corrected chi connectivity index (χ2v) is 13.8. The van der Waals surface area contributed by atoms with Gasteiger partial charge in [0.25, 0.3) is 0 Å². The number of fused-ring (bicyclic) bond motifs is 3. The second kappa shape index (κ2) is 13.9. The van der Waals surface area contributed by atoms with Gasteiger partial charge in [0, 0.05) is 27.5 Å². The molecule has 0 radical (unpaired) electrons. The van der Waals surface area contributed by atoms with E-state index in [9.17, 15) is 0 Å². The van der Waals surface area contributed by atoms with E-state index in [1.165, 1.54) is 11.1 Å². The Balaban J connectivity index is 1.18. The first kappa shape index (κ1) is 32.3. The number of hydrogen-bond acceptors (Lipinski definition) is 3. The summed E-state index contributed by atoms with van der Waals surface area (Å²) >= 11 is 0. The average molecular weight is 703 g/mol. The Morgan fingerprint density at radius 2 is 0.691 bits per heavy atom. The summed E-state index contributed by atoms with van der Waals surface area (Å²) < 4.78 is 6.21. The van der Waals surface area contributed by atoms with Crippen LogP contribution in [0.25, 0.3) is 100 Å². The molecule has 0 saturated carbocycles. The first-order valence-electron chi connectivity index (χ1n) is 18.6. The van der Waals surface area contributed by atoms with Crippen molar-refractivity contribution in [1.29, 1.82) is 0 Å². The van der Waals surface area contributed by atoms with Crippen LogP contribution in [0.5, 0.6) is 0 Å². The van der Waals surface area contributed by atoms with Gasteiger partial charge in [-0.2, -0.15) is 0 Å². The van der Waals surface area contributed by atoms with Gasteiger partial charge in [-0.25, -0.2) is 9.97 Å². The predicted octanol–water partition coefficient (Wildman–Crippen LogP) is 14.0. The van der Waals surface area contributed by atoms with E-state index in [0.29, 0.717) is 5.82 Å². The van der Waals surface area contributed by atoms with E-state index in [-0.39, 0.29) is 0 Å². The third kappa shape index (κ3) is 6.39. The number of benzene rings is 8. The van der Waals surface area contributed by atoms with Crippen molar-refractivity contribution < 1.29 is 4.42 Å². The van der Waals surface area contributed by atoms with Gasteiger partial charge in [0.05, 0.1) is 11.4 Å². The first-order valence-corrected chi connectivity index (χ1v) is 18.6. The molecule has 3 nitrogen and oxygen atoms in total. The van der Waals surface area contributed by atoms with Crippen molar-refractivity contribution in [2.45, 2.75) is 0 Å². The normalized spacial score (nSPS) is 11.3. The standard InChI is InChI=1S/C52H34N2O/c1-4-14-35(15-5-1)38-20-12-22-40(28-38)43-30-44(41-26-27-51-47(33-41)46-24-10-11-25-50(46)55-51)32-45(31-43)49-34-48(37-18-8-3-9-19-37)53-52(54-49)42-23-13-21-39(29-42)36-16-6-2-7-17-36/h1-34H. The van der Waals surface area contributed by atoms with Gasteiger partial charge in [0.1, 0.15) is 11.2 Å². The summed E-state index contributed by atoms with van der Waals surface area (Å²) in [6, 6.07) is 72.3. The molecular weight excluding hydrogens is 669 g/mol. The zero-order chi connectivity index (χ0) is 36.6. The monoisotopic (exact) mass is 702 g/mol. The lowest BCUT2D eigenvalue weighted by Crippen LogP contribution is -1.97. The molecule has 0 amide bonds. The van der Waals surface area contributed by atoms with E-state index in [2.05, 4.69) is 182 Å². The van der Waals surface area contributed by atoms with Gasteiger partial charge in [0.2, 0.25) is 0 Å². The van der Waals surface area contributed by atoms with Crippen LogP contribution in [0.3, 0.4) is 0 Å². The minimum Gasteiger partial charge on any atom is -0.456 e. The molecular formula is C52H34N2O. The lowest BCUT2D eigenvalue weighted by atomic mass is 9.92. The zero-order valence-electron chi connectivity index (χ0n) is 29.9. The molecule has 10 aromatic rings. The number of para-hydroxylation sites is 1. The van der Waals surface area contributed by atoms with Crippen LogP contribution < -0.4 is 0 Å². The summed E-state index contributed by atoms with van der Waals surface area (Å²) in [5, 5.41) is 2.21. The fourth-order valence-electron chi connectivity index (χ4n) is 7.47. The number of hydrogen-bond donors (Lipinski definition) is 0. The fourth-order valence-corrected chi connectivity index (χ4v) is 7.47. The van der Waals surface area contributed by atoms with Crippen LogP contribution in [0.2, 0.25) is 0 Å². The lowest BCUT2D eigenvalue weighted by Gasteiger charge is -2.14. The van der Waals surface area contributed by atoms with Gasteiger partial charge in [0.15, 0.2) is 5.82 Å². The van der Waals surface area contributed by atoms with Crippen molar-refractivity contribution in [1.82, 2.24) is 9.97 Å². The number of furan rings is 1. The molecule has 0 bridgehead atoms. The lowest BCUT2D eigenvalue weighted by molar-refractivity contribution is 0.669. The van der Waals surface area contributed by atoms with Crippen molar-refractivity contribution in [3.05, 3.63) is 206 Å². The largest absolute Gasteiger partial charge is 0.456 e. The van der Waals surface area contributed by atoms with E-state index in [1.807, 2.05) is 24.3 Å². The highest BCUT2D eigenvalue weighted by Gasteiger charge is 2.16. The minimum absolute atomic E-state index is 0.679. The first-order chi connectivity index (χ1) is 27.2. The molecule has 2 heterocycles. The van der Waals surface area contributed by atoms with Crippen molar-refractivity contribution in [3.8, 4) is 78.4 Å². The molecule has 10 rings (SSSR count). The Labute approximate surface area is 319 Å². The van der Waals surface area contributed by atoms with Crippen molar-refractivity contribution >= 4 is 21.9 Å². The van der Waals surface area contributed by atoms with E-state index in [0.717, 1.165) is 83.4 Å². The molecule has 0 saturated heterocycles. The third-order valence-electron chi connectivity index (χ3n) is 10.3. The quantitative estimate of drug-likeness (QED) is 0.166. The summed E-state index contributed by atoms with van der Waals surface area (Å²) in [7, 11) is 0. The molecule has 0 N–H and O–H groups in total. The minimum atomic E-state index is 0.679. The summed E-state index contributed by atoms with van der Waals surface area (Å²) in [5.41, 5.74) is 15.6. The van der Waals surface area contributed by atoms with Gasteiger partial charge in [-0.15, -0.1) is 0 Å². The van der Waals surface area contributed by atoms with Gasteiger partial charge in [-0.3, -0.25) is 0 Å². The number of aromatic nitrogens is 2. The van der Waals surface area contributed by atoms with Crippen LogP contribution in [0.1, 0.15) is 0 Å². The predicted molar refractivity (Wildman–Crippen MR) is 227 cm³/mol. The molecule has 3 heteroatoms. The maximum Gasteiger partial charge on any atom is 0.160 e. The Morgan fingerprint density at radius 3 is 1.35 bits per heavy atom. The molecule has 0 spiro atoms. The van der Waals surface area contributed by atoms with Gasteiger partial charge in [-0.05, 0) is 99.1 Å². The summed E-state index contributed by atoms with van der Waals surface area (Å²) in [6.07, 6.45) is 0. The van der Waals surface area contributed by atoms with Crippen LogP contribution in [-0.2, 0) is 0 Å². The highest BCUT2D eigenvalue weighted by Crippen LogP contribution is 2.38. The summed E-state index contributed by atoms with van der Waals surface area (Å²) in [4.78, 5) is 10.5. The molecule has 55 heavy (non-hydrogen) atoms. The van der Waals surface area contributed by atoms with Gasteiger partial charge in [-0.1, -0.05) is 152 Å². The maximum atomic E-state index is 6.21. The van der Waals surface area contributed by atoms with Crippen LogP contribution in [0.15, 0.2) is 211 Å². The van der Waals surface area contributed by atoms with E-state index in [1.54, 1.807) is 0 Å². The summed E-state index contributed by atoms with van der Waals surface area (Å²) in [6.45, 7) is 0. The Hall–Kier alpha value is -7.36. The van der Waals surface area contributed by atoms with E-state index < -0.39 is 0 Å². The third-order valence-corrected chi connectivity index (χ3v) is 10.3. The van der Waals surface area contributed by atoms with Crippen molar-refractivity contribution in [3.63, 3.8) is 0 Å². The number of rotatable bonds is 7. The fraction of sp³-hybridized carbons (Fsp3) is 0. The van der Waals surface area contributed by atoms with Crippen molar-refractivity contribution in [2.24, 2.45) is 0 Å². The molecule has 0 atom stereocenters. The van der Waals surface area contributed by atoms with Crippen LogP contribution in [0, 0.1) is 0 Å². The maximum absolute atomic E-state index is 6.21. The second-order valence-electron chi connectivity index (χ2n) is 13.8. The highest BCUT2D eigenvalue weighted by atomic mass is 16.3. The Bertz CT molecular complexity index is 2970. The molecule has 2 aromatic heterocycles. The molecule has 258 valence electrons. The molecule has 8 aromatic carbocycles. The van der Waals surface area contributed by atoms with E-state index in [4.69, 9.17) is 14.4 Å². The van der Waals surface area contributed by atoms with Crippen LogP contribution in [0.4, 0.5) is 0 Å². The average Bonchev–Trinajstić information content (AvgIpc) is 3.65. The van der Waals surface area contributed by atoms with Crippen LogP contribution >= 0.6 is 0 Å².